The highest BCUT2D eigenvalue weighted by Gasteiger charge is 2.40. The number of halogens is 1. The summed E-state index contributed by atoms with van der Waals surface area (Å²) in [6, 6.07) is 3.80. The number of hydrogen-bond donors (Lipinski definition) is 2. The lowest BCUT2D eigenvalue weighted by Gasteiger charge is -2.41. The molecule has 174 valence electrons. The molecule has 3 heterocycles. The minimum Gasteiger partial charge on any atom is -0.389 e. The van der Waals surface area contributed by atoms with Gasteiger partial charge in [-0.1, -0.05) is 32.9 Å². The van der Waals surface area contributed by atoms with Crippen molar-refractivity contribution in [1.29, 1.82) is 0 Å². The van der Waals surface area contributed by atoms with Gasteiger partial charge in [-0.3, -0.25) is 14.3 Å². The van der Waals surface area contributed by atoms with Crippen molar-refractivity contribution in [2.45, 2.75) is 52.3 Å². The molecule has 32 heavy (non-hydrogen) atoms. The third kappa shape index (κ3) is 4.49. The van der Waals surface area contributed by atoms with Crippen LogP contribution in [0.2, 0.25) is 0 Å². The fourth-order valence-electron chi connectivity index (χ4n) is 4.33. The number of rotatable bonds is 5. The number of aliphatic hydroxyl groups excluding tert-OH is 1. The first-order valence-corrected chi connectivity index (χ1v) is 11.2. The highest BCUT2D eigenvalue weighted by atomic mass is 19.1. The summed E-state index contributed by atoms with van der Waals surface area (Å²) in [7, 11) is 0. The van der Waals surface area contributed by atoms with Crippen LogP contribution >= 0.6 is 0 Å². The Kier molecular flexibility index (Phi) is 6.22. The minimum absolute atomic E-state index is 0.109. The van der Waals surface area contributed by atoms with Gasteiger partial charge in [0.1, 0.15) is 17.4 Å². The summed E-state index contributed by atoms with van der Waals surface area (Å²) in [5.74, 6) is -0.891. The van der Waals surface area contributed by atoms with Crippen molar-refractivity contribution in [3.8, 4) is 0 Å². The maximum atomic E-state index is 14.8. The number of para-hydroxylation sites is 1. The molecular formula is C23H31FN4O4. The number of nitrogens with one attached hydrogen (secondary N) is 1. The van der Waals surface area contributed by atoms with Gasteiger partial charge in [0, 0.05) is 38.2 Å². The van der Waals surface area contributed by atoms with Gasteiger partial charge in [0.25, 0.3) is 5.91 Å². The van der Waals surface area contributed by atoms with Crippen LogP contribution in [0.25, 0.3) is 10.9 Å². The summed E-state index contributed by atoms with van der Waals surface area (Å²) in [5.41, 5.74) is -0.148. The lowest BCUT2D eigenvalue weighted by Crippen LogP contribution is -2.62. The topological polar surface area (TPSA) is 96.7 Å². The molecule has 1 aromatic carbocycles. The second kappa shape index (κ2) is 8.78. The van der Waals surface area contributed by atoms with E-state index in [-0.39, 0.29) is 24.7 Å². The Hall–Kier alpha value is -2.52. The Bertz CT molecular complexity index is 1000. The van der Waals surface area contributed by atoms with Crippen molar-refractivity contribution in [3.05, 3.63) is 29.7 Å². The van der Waals surface area contributed by atoms with E-state index in [1.165, 1.54) is 11.0 Å². The number of hydrogen-bond acceptors (Lipinski definition) is 5. The fraction of sp³-hybridized carbons (Fsp3) is 0.609. The predicted molar refractivity (Wildman–Crippen MR) is 117 cm³/mol. The van der Waals surface area contributed by atoms with Gasteiger partial charge in [-0.05, 0) is 30.2 Å². The molecule has 2 amide bonds. The first-order chi connectivity index (χ1) is 15.1. The number of benzene rings is 1. The molecule has 8 nitrogen and oxygen atoms in total. The molecule has 1 atom stereocenters. The largest absolute Gasteiger partial charge is 0.389 e. The van der Waals surface area contributed by atoms with Gasteiger partial charge >= 0.3 is 0 Å². The van der Waals surface area contributed by atoms with E-state index in [0.29, 0.717) is 36.6 Å². The van der Waals surface area contributed by atoms with Gasteiger partial charge in [0.15, 0.2) is 5.69 Å². The number of aliphatic hydroxyl groups is 1. The fourth-order valence-corrected chi connectivity index (χ4v) is 4.33. The monoisotopic (exact) mass is 446 g/mol. The first-order valence-electron chi connectivity index (χ1n) is 11.2. The summed E-state index contributed by atoms with van der Waals surface area (Å²) in [4.78, 5) is 27.8. The van der Waals surface area contributed by atoms with Crippen molar-refractivity contribution >= 4 is 22.7 Å². The van der Waals surface area contributed by atoms with Crippen LogP contribution in [0.5, 0.6) is 0 Å². The van der Waals surface area contributed by atoms with Gasteiger partial charge in [0.05, 0.1) is 6.10 Å². The van der Waals surface area contributed by atoms with Gasteiger partial charge < -0.3 is 20.1 Å². The van der Waals surface area contributed by atoms with E-state index in [4.69, 9.17) is 4.74 Å². The van der Waals surface area contributed by atoms with Crippen molar-refractivity contribution in [1.82, 2.24) is 20.0 Å². The smallest absolute Gasteiger partial charge is 0.273 e. The summed E-state index contributed by atoms with van der Waals surface area (Å²) in [6.07, 6.45) is 1.20. The van der Waals surface area contributed by atoms with Crippen LogP contribution in [-0.4, -0.2) is 70.1 Å². The van der Waals surface area contributed by atoms with E-state index in [1.807, 2.05) is 20.8 Å². The maximum Gasteiger partial charge on any atom is 0.273 e. The van der Waals surface area contributed by atoms with E-state index in [1.54, 1.807) is 16.8 Å². The average Bonchev–Trinajstić information content (AvgIpc) is 3.09. The van der Waals surface area contributed by atoms with E-state index in [2.05, 4.69) is 10.4 Å². The van der Waals surface area contributed by atoms with Crippen LogP contribution < -0.4 is 5.32 Å². The molecule has 9 heteroatoms. The third-order valence-electron chi connectivity index (χ3n) is 6.27. The van der Waals surface area contributed by atoms with Crippen LogP contribution in [0.4, 0.5) is 4.39 Å². The number of carbonyl (C=O) groups excluding carboxylic acids is 2. The highest BCUT2D eigenvalue weighted by Crippen LogP contribution is 2.27. The number of β-amino-alcohol motifs (C(OH)–C–C–N with tert-alkyl or cyclic N) is 1. The molecule has 0 spiro atoms. The van der Waals surface area contributed by atoms with Crippen LogP contribution in [0, 0.1) is 17.2 Å². The zero-order chi connectivity index (χ0) is 23.0. The zero-order valence-corrected chi connectivity index (χ0v) is 18.8. The van der Waals surface area contributed by atoms with E-state index >= 15 is 0 Å². The maximum absolute atomic E-state index is 14.8. The molecule has 4 rings (SSSR count). The van der Waals surface area contributed by atoms with Gasteiger partial charge in [-0.25, -0.2) is 4.39 Å². The number of amides is 2. The number of likely N-dealkylation sites (tertiary alicyclic amines) is 1. The lowest BCUT2D eigenvalue weighted by atomic mass is 9.85. The number of ether oxygens (including phenoxy) is 1. The van der Waals surface area contributed by atoms with Gasteiger partial charge in [-0.15, -0.1) is 0 Å². The number of aromatic nitrogens is 2. The van der Waals surface area contributed by atoms with Crippen molar-refractivity contribution in [2.75, 3.05) is 26.3 Å². The molecule has 2 aliphatic heterocycles. The van der Waals surface area contributed by atoms with E-state index < -0.39 is 29.3 Å². The molecule has 0 radical (unpaired) electrons. The van der Waals surface area contributed by atoms with Gasteiger partial charge in [0.2, 0.25) is 5.91 Å². The molecule has 0 aliphatic carbocycles. The molecule has 1 unspecified atom stereocenters. The molecule has 2 aromatic rings. The Morgan fingerprint density at radius 3 is 2.59 bits per heavy atom. The Balaban J connectivity index is 1.62. The van der Waals surface area contributed by atoms with Crippen molar-refractivity contribution < 1.29 is 23.8 Å². The number of fused-ring (bicyclic) bond motifs is 1. The second-order valence-corrected chi connectivity index (χ2v) is 9.89. The van der Waals surface area contributed by atoms with Gasteiger partial charge in [-0.2, -0.15) is 5.10 Å². The summed E-state index contributed by atoms with van der Waals surface area (Å²) in [5, 5.41) is 17.3. The molecule has 2 N–H and O–H groups in total. The summed E-state index contributed by atoms with van der Waals surface area (Å²) < 4.78 is 21.7. The molecule has 1 aromatic heterocycles. The molecule has 2 aliphatic rings. The van der Waals surface area contributed by atoms with Crippen molar-refractivity contribution in [3.63, 3.8) is 0 Å². The molecular weight excluding hydrogens is 415 g/mol. The second-order valence-electron chi connectivity index (χ2n) is 9.89. The van der Waals surface area contributed by atoms with Crippen LogP contribution in [0.1, 0.15) is 44.1 Å². The third-order valence-corrected chi connectivity index (χ3v) is 6.27. The Morgan fingerprint density at radius 2 is 1.97 bits per heavy atom. The molecule has 2 saturated heterocycles. The quantitative estimate of drug-likeness (QED) is 0.732. The molecule has 2 fully saturated rings. The number of nitrogens with zero attached hydrogens (tertiary/aromatic N) is 3. The molecule has 0 saturated carbocycles. The standard InChI is InChI=1S/C23H31FN4O4/c1-23(2,3)20(22(31)27-12-15(29)13-27)25-21(30)18-16-5-4-6-17(24)19(16)28(26-18)11-14-7-9-32-10-8-14/h4-6,14-15,20,29H,7-13H2,1-3H3,(H,25,30). The summed E-state index contributed by atoms with van der Waals surface area (Å²) >= 11 is 0. The Labute approximate surface area is 186 Å². The zero-order valence-electron chi connectivity index (χ0n) is 18.8. The van der Waals surface area contributed by atoms with Crippen LogP contribution in [0.3, 0.4) is 0 Å². The minimum atomic E-state index is -0.799. The van der Waals surface area contributed by atoms with Crippen LogP contribution in [0.15, 0.2) is 18.2 Å². The summed E-state index contributed by atoms with van der Waals surface area (Å²) in [6.45, 7) is 7.96. The average molecular weight is 447 g/mol. The predicted octanol–water partition coefficient (Wildman–Crippen LogP) is 1.95. The lowest BCUT2D eigenvalue weighted by molar-refractivity contribution is -0.146. The van der Waals surface area contributed by atoms with E-state index in [9.17, 15) is 19.1 Å². The van der Waals surface area contributed by atoms with Crippen molar-refractivity contribution in [2.24, 2.45) is 11.3 Å². The Morgan fingerprint density at radius 1 is 1.28 bits per heavy atom. The first kappa shape index (κ1) is 22.7. The normalized spacial score (nSPS) is 19.1. The highest BCUT2D eigenvalue weighted by molar-refractivity contribution is 6.06. The molecule has 0 bridgehead atoms. The van der Waals surface area contributed by atoms with Crippen LogP contribution in [-0.2, 0) is 16.1 Å². The number of carbonyl (C=O) groups is 2. The van der Waals surface area contributed by atoms with E-state index in [0.717, 1.165) is 12.8 Å². The SMILES string of the molecule is CC(C)(C)C(NC(=O)c1nn(CC2CCOCC2)c2c(F)cccc12)C(=O)N1CC(O)C1.